The maximum absolute atomic E-state index is 12.0. The van der Waals surface area contributed by atoms with Crippen molar-refractivity contribution in [3.05, 3.63) is 53.1 Å². The molecule has 0 unspecified atom stereocenters. The Balaban J connectivity index is 1.88. The average Bonchev–Trinajstić information content (AvgIpc) is 2.58. The van der Waals surface area contributed by atoms with E-state index in [1.165, 1.54) is 0 Å². The van der Waals surface area contributed by atoms with Crippen molar-refractivity contribution >= 4 is 40.5 Å². The quantitative estimate of drug-likeness (QED) is 0.739. The predicted molar refractivity (Wildman–Crippen MR) is 98.7 cm³/mol. The highest BCUT2D eigenvalue weighted by molar-refractivity contribution is 6.31. The lowest BCUT2D eigenvalue weighted by molar-refractivity contribution is -0.116. The van der Waals surface area contributed by atoms with E-state index in [-0.39, 0.29) is 18.4 Å². The van der Waals surface area contributed by atoms with Gasteiger partial charge in [0.25, 0.3) is 0 Å². The summed E-state index contributed by atoms with van der Waals surface area (Å²) in [6, 6.07) is 12.5. The first-order chi connectivity index (χ1) is 11.5. The second kappa shape index (κ2) is 8.36. The van der Waals surface area contributed by atoms with Gasteiger partial charge in [0, 0.05) is 28.5 Å². The summed E-state index contributed by atoms with van der Waals surface area (Å²) in [5.74, 6) is -0.215. The molecule has 0 saturated carbocycles. The standard InChI is InChI=1S/C18H20ClN3O2/c1-3-17(23)21-13-7-9-14(10-8-13)22-18(24)11-20-16-6-4-5-15(19)12(16)2/h4-10,20H,3,11H2,1-2H3,(H,21,23)(H,22,24). The molecule has 0 aliphatic carbocycles. The van der Waals surface area contributed by atoms with Crippen LogP contribution in [0.25, 0.3) is 0 Å². The van der Waals surface area contributed by atoms with Crippen LogP contribution in [0.5, 0.6) is 0 Å². The van der Waals surface area contributed by atoms with Gasteiger partial charge in [0.15, 0.2) is 0 Å². The molecule has 0 aliphatic heterocycles. The van der Waals surface area contributed by atoms with Crippen molar-refractivity contribution in [3.8, 4) is 0 Å². The first-order valence-corrected chi connectivity index (χ1v) is 8.06. The SMILES string of the molecule is CCC(=O)Nc1ccc(NC(=O)CNc2cccc(Cl)c2C)cc1. The third kappa shape index (κ3) is 4.99. The van der Waals surface area contributed by atoms with Gasteiger partial charge in [0.1, 0.15) is 0 Å². The number of rotatable bonds is 6. The Morgan fingerprint density at radius 2 is 1.54 bits per heavy atom. The van der Waals surface area contributed by atoms with Crippen LogP contribution < -0.4 is 16.0 Å². The molecule has 2 rings (SSSR count). The van der Waals surface area contributed by atoms with E-state index in [2.05, 4.69) is 16.0 Å². The topological polar surface area (TPSA) is 70.2 Å². The molecule has 126 valence electrons. The summed E-state index contributed by atoms with van der Waals surface area (Å²) in [6.45, 7) is 3.82. The molecule has 5 nitrogen and oxygen atoms in total. The summed E-state index contributed by atoms with van der Waals surface area (Å²) in [4.78, 5) is 23.3. The maximum Gasteiger partial charge on any atom is 0.243 e. The zero-order valence-corrected chi connectivity index (χ0v) is 14.4. The fourth-order valence-corrected chi connectivity index (χ4v) is 2.24. The van der Waals surface area contributed by atoms with Crippen LogP contribution in [0.15, 0.2) is 42.5 Å². The third-order valence-corrected chi connectivity index (χ3v) is 3.89. The van der Waals surface area contributed by atoms with Crippen LogP contribution in [0.2, 0.25) is 5.02 Å². The van der Waals surface area contributed by atoms with Crippen molar-refractivity contribution in [2.75, 3.05) is 22.5 Å². The van der Waals surface area contributed by atoms with Crippen LogP contribution in [0.4, 0.5) is 17.1 Å². The molecule has 2 amide bonds. The van der Waals surface area contributed by atoms with E-state index < -0.39 is 0 Å². The summed E-state index contributed by atoms with van der Waals surface area (Å²) < 4.78 is 0. The van der Waals surface area contributed by atoms with E-state index in [4.69, 9.17) is 11.6 Å². The fraction of sp³-hybridized carbons (Fsp3) is 0.222. The van der Waals surface area contributed by atoms with Crippen molar-refractivity contribution in [2.24, 2.45) is 0 Å². The zero-order chi connectivity index (χ0) is 17.5. The van der Waals surface area contributed by atoms with E-state index in [9.17, 15) is 9.59 Å². The molecule has 0 fully saturated rings. The van der Waals surface area contributed by atoms with E-state index in [1.807, 2.05) is 19.1 Å². The number of halogens is 1. The molecule has 24 heavy (non-hydrogen) atoms. The van der Waals surface area contributed by atoms with Crippen molar-refractivity contribution in [2.45, 2.75) is 20.3 Å². The molecule has 2 aromatic rings. The molecule has 6 heteroatoms. The summed E-state index contributed by atoms with van der Waals surface area (Å²) in [5, 5.41) is 9.27. The Hall–Kier alpha value is -2.53. The van der Waals surface area contributed by atoms with Crippen LogP contribution in [0, 0.1) is 6.92 Å². The van der Waals surface area contributed by atoms with Gasteiger partial charge in [-0.3, -0.25) is 9.59 Å². The summed E-state index contributed by atoms with van der Waals surface area (Å²) in [7, 11) is 0. The zero-order valence-electron chi connectivity index (χ0n) is 13.7. The predicted octanol–water partition coefficient (Wildman–Crippen LogP) is 4.05. The molecule has 0 spiro atoms. The van der Waals surface area contributed by atoms with E-state index in [0.717, 1.165) is 11.3 Å². The summed E-state index contributed by atoms with van der Waals surface area (Å²) >= 11 is 6.05. The molecule has 0 saturated heterocycles. The lowest BCUT2D eigenvalue weighted by Crippen LogP contribution is -2.22. The molecule has 0 heterocycles. The maximum atomic E-state index is 12.0. The van der Waals surface area contributed by atoms with Crippen molar-refractivity contribution in [1.29, 1.82) is 0 Å². The van der Waals surface area contributed by atoms with Gasteiger partial charge in [-0.2, -0.15) is 0 Å². The van der Waals surface area contributed by atoms with Crippen LogP contribution >= 0.6 is 11.6 Å². The van der Waals surface area contributed by atoms with E-state index in [1.54, 1.807) is 37.3 Å². The highest BCUT2D eigenvalue weighted by atomic mass is 35.5. The van der Waals surface area contributed by atoms with Crippen molar-refractivity contribution in [3.63, 3.8) is 0 Å². The van der Waals surface area contributed by atoms with Gasteiger partial charge in [0.2, 0.25) is 11.8 Å². The molecule has 0 atom stereocenters. The van der Waals surface area contributed by atoms with Gasteiger partial charge in [0.05, 0.1) is 6.54 Å². The average molecular weight is 346 g/mol. The fourth-order valence-electron chi connectivity index (χ4n) is 2.07. The lowest BCUT2D eigenvalue weighted by Gasteiger charge is -2.11. The second-order valence-corrected chi connectivity index (χ2v) is 5.70. The molecular formula is C18H20ClN3O2. The van der Waals surface area contributed by atoms with Crippen molar-refractivity contribution < 1.29 is 9.59 Å². The van der Waals surface area contributed by atoms with Gasteiger partial charge < -0.3 is 16.0 Å². The van der Waals surface area contributed by atoms with E-state index in [0.29, 0.717) is 22.8 Å². The Labute approximate surface area is 146 Å². The summed E-state index contributed by atoms with van der Waals surface area (Å²) in [6.07, 6.45) is 0.424. The minimum atomic E-state index is -0.167. The number of hydrogen-bond donors (Lipinski definition) is 3. The molecule has 2 aromatic carbocycles. The van der Waals surface area contributed by atoms with Crippen LogP contribution in [0.1, 0.15) is 18.9 Å². The van der Waals surface area contributed by atoms with Gasteiger partial charge in [-0.15, -0.1) is 0 Å². The Morgan fingerprint density at radius 1 is 0.958 bits per heavy atom. The first kappa shape index (κ1) is 17.8. The number of amides is 2. The van der Waals surface area contributed by atoms with Crippen LogP contribution in [-0.4, -0.2) is 18.4 Å². The summed E-state index contributed by atoms with van der Waals surface area (Å²) in [5.41, 5.74) is 3.10. The smallest absolute Gasteiger partial charge is 0.243 e. The highest BCUT2D eigenvalue weighted by Crippen LogP contribution is 2.22. The molecule has 0 radical (unpaired) electrons. The number of nitrogens with one attached hydrogen (secondary N) is 3. The number of hydrogen-bond acceptors (Lipinski definition) is 3. The van der Waals surface area contributed by atoms with Crippen LogP contribution in [-0.2, 0) is 9.59 Å². The second-order valence-electron chi connectivity index (χ2n) is 5.29. The monoisotopic (exact) mass is 345 g/mol. The molecular weight excluding hydrogens is 326 g/mol. The molecule has 0 aliphatic rings. The first-order valence-electron chi connectivity index (χ1n) is 7.68. The Kier molecular flexibility index (Phi) is 6.21. The number of anilines is 3. The Morgan fingerprint density at radius 3 is 2.12 bits per heavy atom. The molecule has 0 bridgehead atoms. The number of carbonyl (C=O) groups excluding carboxylic acids is 2. The minimum Gasteiger partial charge on any atom is -0.376 e. The Bertz CT molecular complexity index is 730. The van der Waals surface area contributed by atoms with Crippen molar-refractivity contribution in [1.82, 2.24) is 0 Å². The number of benzene rings is 2. The van der Waals surface area contributed by atoms with Gasteiger partial charge in [-0.05, 0) is 48.9 Å². The third-order valence-electron chi connectivity index (χ3n) is 3.48. The van der Waals surface area contributed by atoms with Gasteiger partial charge in [-0.1, -0.05) is 24.6 Å². The van der Waals surface area contributed by atoms with E-state index >= 15 is 0 Å². The molecule has 0 aromatic heterocycles. The highest BCUT2D eigenvalue weighted by Gasteiger charge is 2.06. The minimum absolute atomic E-state index is 0.0483. The normalized spacial score (nSPS) is 10.1. The van der Waals surface area contributed by atoms with Crippen LogP contribution in [0.3, 0.4) is 0 Å². The molecule has 3 N–H and O–H groups in total. The largest absolute Gasteiger partial charge is 0.376 e. The van der Waals surface area contributed by atoms with Gasteiger partial charge >= 0.3 is 0 Å². The van der Waals surface area contributed by atoms with Gasteiger partial charge in [-0.25, -0.2) is 0 Å². The lowest BCUT2D eigenvalue weighted by atomic mass is 10.2. The number of carbonyl (C=O) groups is 2.